The molecule has 0 fully saturated rings. The van der Waals surface area contributed by atoms with Crippen LogP contribution in [0.4, 0.5) is 17.3 Å². The number of carbonyl (C=O) groups is 1. The lowest BCUT2D eigenvalue weighted by Crippen LogP contribution is -2.05. The lowest BCUT2D eigenvalue weighted by molar-refractivity contribution is -0.131. The highest BCUT2D eigenvalue weighted by Gasteiger charge is 2.20. The molecule has 0 spiro atoms. The Hall–Kier alpha value is -1.96. The van der Waals surface area contributed by atoms with Crippen LogP contribution in [0.25, 0.3) is 0 Å². The summed E-state index contributed by atoms with van der Waals surface area (Å²) < 4.78 is 44.0. The number of esters is 1. The van der Waals surface area contributed by atoms with Gasteiger partial charge in [0, 0.05) is 6.92 Å². The van der Waals surface area contributed by atoms with Crippen LogP contribution in [0.5, 0.6) is 5.75 Å². The fourth-order valence-electron chi connectivity index (χ4n) is 2.05. The first-order valence-electron chi connectivity index (χ1n) is 7.06. The van der Waals surface area contributed by atoms with Crippen molar-refractivity contribution in [3.63, 3.8) is 0 Å². The largest absolute Gasteiger partial charge is 0.673 e. The Morgan fingerprint density at radius 1 is 1.00 bits per heavy atom. The third-order valence-electron chi connectivity index (χ3n) is 2.95. The van der Waals surface area contributed by atoms with Crippen molar-refractivity contribution in [1.82, 2.24) is 0 Å². The summed E-state index contributed by atoms with van der Waals surface area (Å²) in [6.07, 6.45) is 0. The third-order valence-corrected chi connectivity index (χ3v) is 3.36. The van der Waals surface area contributed by atoms with Crippen LogP contribution < -0.4 is 4.74 Å². The SMILES string of the molecule is CC(=O)Oc1ccc(C(C[SH2+])c2ccccc2)cc1.F[B-](F)(F)F. The Kier molecular flexibility index (Phi) is 7.84. The predicted molar refractivity (Wildman–Crippen MR) is 91.2 cm³/mol. The molecule has 130 valence electrons. The van der Waals surface area contributed by atoms with E-state index in [9.17, 15) is 22.1 Å². The van der Waals surface area contributed by atoms with E-state index in [2.05, 4.69) is 24.8 Å². The average Bonchev–Trinajstić information content (AvgIpc) is 2.49. The second-order valence-electron chi connectivity index (χ2n) is 4.82. The van der Waals surface area contributed by atoms with E-state index in [1.807, 2.05) is 42.5 Å². The van der Waals surface area contributed by atoms with Gasteiger partial charge in [-0.15, -0.1) is 0 Å². The van der Waals surface area contributed by atoms with Gasteiger partial charge in [-0.2, -0.15) is 0 Å². The number of carbonyl (C=O) groups excluding carboxylic acids is 1. The molecule has 0 amide bonds. The molecule has 0 aliphatic carbocycles. The van der Waals surface area contributed by atoms with Crippen LogP contribution in [0.1, 0.15) is 24.0 Å². The van der Waals surface area contributed by atoms with Crippen molar-refractivity contribution in [2.75, 3.05) is 5.75 Å². The summed E-state index contributed by atoms with van der Waals surface area (Å²) in [5, 5.41) is 0. The molecule has 0 aromatic heterocycles. The van der Waals surface area contributed by atoms with Crippen molar-refractivity contribution in [2.24, 2.45) is 0 Å². The van der Waals surface area contributed by atoms with E-state index in [1.54, 1.807) is 0 Å². The molecule has 1 atom stereocenters. The number of ether oxygens (including phenoxy) is 1. The highest BCUT2D eigenvalue weighted by atomic mass is 32.1. The third kappa shape index (κ3) is 8.05. The maximum atomic E-state index is 10.9. The van der Waals surface area contributed by atoms with Crippen LogP contribution in [-0.4, -0.2) is 19.0 Å². The summed E-state index contributed by atoms with van der Waals surface area (Å²) in [6, 6.07) is 18.0. The Labute approximate surface area is 143 Å². The monoisotopic (exact) mass is 360 g/mol. The molecule has 0 aliphatic rings. The van der Waals surface area contributed by atoms with Gasteiger partial charge in [0.05, 0.1) is 5.92 Å². The molecule has 1 unspecified atom stereocenters. The predicted octanol–water partition coefficient (Wildman–Crippen LogP) is 4.06. The minimum absolute atomic E-state index is 0.296. The van der Waals surface area contributed by atoms with Crippen molar-refractivity contribution in [1.29, 1.82) is 0 Å². The molecule has 0 heterocycles. The second kappa shape index (κ2) is 9.37. The zero-order chi connectivity index (χ0) is 18.2. The minimum Gasteiger partial charge on any atom is -0.427 e. The van der Waals surface area contributed by atoms with Gasteiger partial charge in [-0.3, -0.25) is 4.79 Å². The fourth-order valence-corrected chi connectivity index (χ4v) is 2.52. The molecule has 8 heteroatoms. The van der Waals surface area contributed by atoms with Crippen LogP contribution >= 0.6 is 0 Å². The van der Waals surface area contributed by atoms with Gasteiger partial charge >= 0.3 is 13.2 Å². The standard InChI is InChI=1S/C16H16O2S.BF4/c1-12(17)18-15-9-7-14(8-10-15)16(11-19)13-5-3-2-4-6-13;2-1(3,4)5/h2-10,16,19H,11H2,1H3;/q;-1/p+1. The normalized spacial score (nSPS) is 11.9. The van der Waals surface area contributed by atoms with E-state index in [0.717, 1.165) is 5.75 Å². The minimum atomic E-state index is -6.00. The molecule has 0 saturated heterocycles. The molecule has 0 saturated carbocycles. The van der Waals surface area contributed by atoms with Crippen LogP contribution in [0.3, 0.4) is 0 Å². The maximum absolute atomic E-state index is 10.9. The van der Waals surface area contributed by atoms with E-state index in [4.69, 9.17) is 4.74 Å². The molecular formula is C16H17BF4O2S. The van der Waals surface area contributed by atoms with Crippen LogP contribution in [0, 0.1) is 0 Å². The van der Waals surface area contributed by atoms with E-state index >= 15 is 0 Å². The zero-order valence-corrected chi connectivity index (χ0v) is 13.9. The van der Waals surface area contributed by atoms with Crippen LogP contribution in [0.2, 0.25) is 0 Å². The topological polar surface area (TPSA) is 26.3 Å². The first-order valence-corrected chi connectivity index (χ1v) is 7.76. The van der Waals surface area contributed by atoms with Gasteiger partial charge in [0.25, 0.3) is 0 Å². The molecule has 2 nitrogen and oxygen atoms in total. The second-order valence-corrected chi connectivity index (χ2v) is 5.23. The van der Waals surface area contributed by atoms with Crippen molar-refractivity contribution >= 4 is 25.9 Å². The number of rotatable bonds is 4. The Balaban J connectivity index is 0.000000505. The lowest BCUT2D eigenvalue weighted by Gasteiger charge is -2.13. The van der Waals surface area contributed by atoms with Gasteiger partial charge < -0.3 is 22.0 Å². The number of benzene rings is 2. The number of halogens is 4. The highest BCUT2D eigenvalue weighted by molar-refractivity contribution is 7.58. The molecular weight excluding hydrogens is 343 g/mol. The maximum Gasteiger partial charge on any atom is 0.673 e. The van der Waals surface area contributed by atoms with Crippen molar-refractivity contribution in [3.05, 3.63) is 65.7 Å². The van der Waals surface area contributed by atoms with Crippen LogP contribution in [0.15, 0.2) is 54.6 Å². The Morgan fingerprint density at radius 2 is 1.46 bits per heavy atom. The van der Waals surface area contributed by atoms with Gasteiger partial charge in [-0.1, -0.05) is 42.5 Å². The summed E-state index contributed by atoms with van der Waals surface area (Å²) in [7, 11) is -6.00. The first kappa shape index (κ1) is 20.1. The lowest BCUT2D eigenvalue weighted by atomic mass is 9.93. The molecule has 24 heavy (non-hydrogen) atoms. The highest BCUT2D eigenvalue weighted by Crippen LogP contribution is 2.26. The molecule has 0 bridgehead atoms. The van der Waals surface area contributed by atoms with Gasteiger partial charge in [-0.05, 0) is 35.9 Å². The van der Waals surface area contributed by atoms with Gasteiger partial charge in [0.15, 0.2) is 0 Å². The molecule has 2 aromatic carbocycles. The summed E-state index contributed by atoms with van der Waals surface area (Å²) in [5.74, 6) is 1.42. The van der Waals surface area contributed by atoms with Crippen LogP contribution in [-0.2, 0) is 17.4 Å². The summed E-state index contributed by atoms with van der Waals surface area (Å²) in [4.78, 5) is 10.9. The summed E-state index contributed by atoms with van der Waals surface area (Å²) in [5.41, 5.74) is 2.45. The van der Waals surface area contributed by atoms with Gasteiger partial charge in [-0.25, -0.2) is 0 Å². The van der Waals surface area contributed by atoms with E-state index in [-0.39, 0.29) is 5.97 Å². The smallest absolute Gasteiger partial charge is 0.427 e. The Bertz CT molecular complexity index is 627. The molecule has 0 radical (unpaired) electrons. The quantitative estimate of drug-likeness (QED) is 0.270. The molecule has 2 aromatic rings. The van der Waals surface area contributed by atoms with E-state index in [1.165, 1.54) is 18.1 Å². The number of hydrogen-bond acceptors (Lipinski definition) is 2. The van der Waals surface area contributed by atoms with Crippen molar-refractivity contribution in [3.8, 4) is 5.75 Å². The van der Waals surface area contributed by atoms with Gasteiger partial charge in [0.2, 0.25) is 0 Å². The number of hydrogen-bond donors (Lipinski definition) is 0. The van der Waals surface area contributed by atoms with E-state index < -0.39 is 7.25 Å². The molecule has 2 rings (SSSR count). The summed E-state index contributed by atoms with van der Waals surface area (Å²) in [6.45, 7) is 1.40. The Morgan fingerprint density at radius 3 is 1.88 bits per heavy atom. The average molecular weight is 360 g/mol. The summed E-state index contributed by atoms with van der Waals surface area (Å²) >= 11 is 3.61. The first-order chi connectivity index (χ1) is 11.2. The van der Waals surface area contributed by atoms with Crippen molar-refractivity contribution in [2.45, 2.75) is 12.8 Å². The molecule has 0 N–H and O–H groups in total. The van der Waals surface area contributed by atoms with Gasteiger partial charge in [0.1, 0.15) is 11.5 Å². The van der Waals surface area contributed by atoms with E-state index in [0.29, 0.717) is 11.7 Å². The van der Waals surface area contributed by atoms with Crippen molar-refractivity contribution < 1.29 is 26.8 Å². The molecule has 0 aliphatic heterocycles. The fraction of sp³-hybridized carbons (Fsp3) is 0.188. The zero-order valence-electron chi connectivity index (χ0n) is 12.9.